The second-order valence-electron chi connectivity index (χ2n) is 4.31. The van der Waals surface area contributed by atoms with Gasteiger partial charge in [0.15, 0.2) is 0 Å². The highest BCUT2D eigenvalue weighted by Crippen LogP contribution is 2.36. The van der Waals surface area contributed by atoms with E-state index in [1.807, 2.05) is 36.4 Å². The highest BCUT2D eigenvalue weighted by atomic mass is 32.1. The summed E-state index contributed by atoms with van der Waals surface area (Å²) in [5, 5.41) is 10.8. The van der Waals surface area contributed by atoms with Gasteiger partial charge in [-0.25, -0.2) is 4.98 Å². The van der Waals surface area contributed by atoms with E-state index in [4.69, 9.17) is 0 Å². The van der Waals surface area contributed by atoms with Crippen molar-refractivity contribution in [3.8, 4) is 27.6 Å². The Morgan fingerprint density at radius 2 is 1.63 bits per heavy atom. The van der Waals surface area contributed by atoms with Crippen LogP contribution >= 0.6 is 11.3 Å². The van der Waals surface area contributed by atoms with Crippen molar-refractivity contribution in [2.24, 2.45) is 0 Å². The average molecular weight is 267 g/mol. The van der Waals surface area contributed by atoms with Gasteiger partial charge in [0.1, 0.15) is 10.8 Å². The summed E-state index contributed by atoms with van der Waals surface area (Å²) in [6.07, 6.45) is 0. The first-order chi connectivity index (χ1) is 9.25. The summed E-state index contributed by atoms with van der Waals surface area (Å²) in [5.41, 5.74) is 2.89. The number of phenolic OH excluding ortho intramolecular Hbond substituents is 1. The van der Waals surface area contributed by atoms with Crippen LogP contribution in [0.15, 0.2) is 54.6 Å². The van der Waals surface area contributed by atoms with E-state index >= 15 is 0 Å². The Labute approximate surface area is 116 Å². The van der Waals surface area contributed by atoms with Crippen molar-refractivity contribution in [3.63, 3.8) is 0 Å². The summed E-state index contributed by atoms with van der Waals surface area (Å²) in [7, 11) is 0. The lowest BCUT2D eigenvalue weighted by atomic mass is 10.1. The first-order valence-corrected chi connectivity index (χ1v) is 6.88. The third-order valence-corrected chi connectivity index (χ3v) is 3.98. The second-order valence-corrected chi connectivity index (χ2v) is 5.51. The molecule has 3 heteroatoms. The Bertz CT molecular complexity index is 704. The molecule has 1 aromatic heterocycles. The van der Waals surface area contributed by atoms with Gasteiger partial charge < -0.3 is 5.11 Å². The van der Waals surface area contributed by atoms with Gasteiger partial charge in [-0.05, 0) is 19.1 Å². The van der Waals surface area contributed by atoms with Crippen LogP contribution in [0, 0.1) is 6.92 Å². The van der Waals surface area contributed by atoms with Crippen LogP contribution < -0.4 is 0 Å². The maximum absolute atomic E-state index is 9.90. The maximum Gasteiger partial charge on any atom is 0.128 e. The number of aromatic nitrogens is 1. The molecule has 0 spiro atoms. The number of thiazole rings is 1. The molecule has 94 valence electrons. The van der Waals surface area contributed by atoms with Gasteiger partial charge in [-0.15, -0.1) is 11.3 Å². The molecule has 0 fully saturated rings. The van der Waals surface area contributed by atoms with E-state index in [0.717, 1.165) is 26.7 Å². The third kappa shape index (κ3) is 2.25. The van der Waals surface area contributed by atoms with E-state index in [2.05, 4.69) is 24.0 Å². The number of hydrogen-bond donors (Lipinski definition) is 1. The zero-order chi connectivity index (χ0) is 13.2. The van der Waals surface area contributed by atoms with Crippen molar-refractivity contribution in [1.29, 1.82) is 0 Å². The lowest BCUT2D eigenvalue weighted by Crippen LogP contribution is -1.81. The Morgan fingerprint density at radius 1 is 0.947 bits per heavy atom. The molecular weight excluding hydrogens is 254 g/mol. The van der Waals surface area contributed by atoms with Gasteiger partial charge in [0.25, 0.3) is 0 Å². The molecule has 0 saturated carbocycles. The van der Waals surface area contributed by atoms with E-state index in [0.29, 0.717) is 0 Å². The van der Waals surface area contributed by atoms with E-state index in [1.165, 1.54) is 0 Å². The SMILES string of the molecule is Cc1sc(-c2ccccc2O)nc1-c1ccccc1. The molecule has 0 radical (unpaired) electrons. The molecule has 0 atom stereocenters. The summed E-state index contributed by atoms with van der Waals surface area (Å²) in [6, 6.07) is 17.4. The summed E-state index contributed by atoms with van der Waals surface area (Å²) >= 11 is 1.61. The van der Waals surface area contributed by atoms with E-state index in [9.17, 15) is 5.11 Å². The van der Waals surface area contributed by atoms with Crippen molar-refractivity contribution >= 4 is 11.3 Å². The monoisotopic (exact) mass is 267 g/mol. The van der Waals surface area contributed by atoms with Gasteiger partial charge in [0.2, 0.25) is 0 Å². The van der Waals surface area contributed by atoms with Crippen molar-refractivity contribution in [3.05, 3.63) is 59.5 Å². The molecule has 1 heterocycles. The molecule has 3 aromatic rings. The fourth-order valence-corrected chi connectivity index (χ4v) is 3.00. The van der Waals surface area contributed by atoms with Crippen molar-refractivity contribution in [2.45, 2.75) is 6.92 Å². The Balaban J connectivity index is 2.10. The molecular formula is C16H13NOS. The van der Waals surface area contributed by atoms with Crippen molar-refractivity contribution in [2.75, 3.05) is 0 Å². The predicted molar refractivity (Wildman–Crippen MR) is 79.4 cm³/mol. The topological polar surface area (TPSA) is 33.1 Å². The van der Waals surface area contributed by atoms with Crippen LogP contribution in [0.4, 0.5) is 0 Å². The van der Waals surface area contributed by atoms with E-state index in [1.54, 1.807) is 17.4 Å². The minimum absolute atomic E-state index is 0.274. The number of nitrogens with zero attached hydrogens (tertiary/aromatic N) is 1. The third-order valence-electron chi connectivity index (χ3n) is 2.98. The molecule has 2 aromatic carbocycles. The van der Waals surface area contributed by atoms with Crippen LogP contribution in [-0.4, -0.2) is 10.1 Å². The Kier molecular flexibility index (Phi) is 3.05. The van der Waals surface area contributed by atoms with Gasteiger partial charge in [0.05, 0.1) is 11.3 Å². The quantitative estimate of drug-likeness (QED) is 0.742. The van der Waals surface area contributed by atoms with E-state index < -0.39 is 0 Å². The number of benzene rings is 2. The summed E-state index contributed by atoms with van der Waals surface area (Å²) < 4.78 is 0. The van der Waals surface area contributed by atoms with Gasteiger partial charge in [-0.1, -0.05) is 42.5 Å². The minimum Gasteiger partial charge on any atom is -0.507 e. The normalized spacial score (nSPS) is 10.6. The second kappa shape index (κ2) is 4.86. The van der Waals surface area contributed by atoms with Gasteiger partial charge >= 0.3 is 0 Å². The molecule has 0 aliphatic heterocycles. The molecule has 1 N–H and O–H groups in total. The Hall–Kier alpha value is -2.13. The molecule has 0 amide bonds. The number of para-hydroxylation sites is 1. The lowest BCUT2D eigenvalue weighted by Gasteiger charge is -1.99. The summed E-state index contributed by atoms with van der Waals surface area (Å²) in [5.74, 6) is 0.274. The van der Waals surface area contributed by atoms with Crippen LogP contribution in [-0.2, 0) is 0 Å². The minimum atomic E-state index is 0.274. The zero-order valence-corrected chi connectivity index (χ0v) is 11.3. The lowest BCUT2D eigenvalue weighted by molar-refractivity contribution is 0.477. The molecule has 0 unspecified atom stereocenters. The molecule has 2 nitrogen and oxygen atoms in total. The molecule has 0 saturated heterocycles. The predicted octanol–water partition coefficient (Wildman–Crippen LogP) is 4.49. The largest absolute Gasteiger partial charge is 0.507 e. The maximum atomic E-state index is 9.90. The van der Waals surface area contributed by atoms with Crippen LogP contribution in [0.3, 0.4) is 0 Å². The number of aryl methyl sites for hydroxylation is 1. The van der Waals surface area contributed by atoms with Crippen LogP contribution in [0.25, 0.3) is 21.8 Å². The van der Waals surface area contributed by atoms with Crippen molar-refractivity contribution < 1.29 is 5.11 Å². The average Bonchev–Trinajstić information content (AvgIpc) is 2.82. The summed E-state index contributed by atoms with van der Waals surface area (Å²) in [6.45, 7) is 2.06. The number of rotatable bonds is 2. The van der Waals surface area contributed by atoms with Crippen LogP contribution in [0.5, 0.6) is 5.75 Å². The molecule has 0 aliphatic rings. The van der Waals surface area contributed by atoms with Gasteiger partial charge in [0, 0.05) is 10.4 Å². The summed E-state index contributed by atoms with van der Waals surface area (Å²) in [4.78, 5) is 5.83. The van der Waals surface area contributed by atoms with Gasteiger partial charge in [-0.2, -0.15) is 0 Å². The first-order valence-electron chi connectivity index (χ1n) is 6.07. The smallest absolute Gasteiger partial charge is 0.128 e. The molecule has 3 rings (SSSR count). The fraction of sp³-hybridized carbons (Fsp3) is 0.0625. The van der Waals surface area contributed by atoms with Gasteiger partial charge in [-0.3, -0.25) is 0 Å². The highest BCUT2D eigenvalue weighted by Gasteiger charge is 2.13. The molecule has 19 heavy (non-hydrogen) atoms. The Morgan fingerprint density at radius 3 is 2.37 bits per heavy atom. The molecule has 0 aliphatic carbocycles. The zero-order valence-electron chi connectivity index (χ0n) is 10.5. The number of phenols is 1. The number of hydrogen-bond acceptors (Lipinski definition) is 3. The number of aromatic hydroxyl groups is 1. The fourth-order valence-electron chi connectivity index (χ4n) is 2.03. The van der Waals surface area contributed by atoms with E-state index in [-0.39, 0.29) is 5.75 Å². The molecule has 0 bridgehead atoms. The van der Waals surface area contributed by atoms with Crippen LogP contribution in [0.2, 0.25) is 0 Å². The van der Waals surface area contributed by atoms with Crippen molar-refractivity contribution in [1.82, 2.24) is 4.98 Å². The highest BCUT2D eigenvalue weighted by molar-refractivity contribution is 7.15. The van der Waals surface area contributed by atoms with Crippen LogP contribution in [0.1, 0.15) is 4.88 Å². The standard InChI is InChI=1S/C16H13NOS/c1-11-15(12-7-3-2-4-8-12)17-16(19-11)13-9-5-6-10-14(13)18/h2-10,18H,1H3. The first kappa shape index (κ1) is 11.9.